The summed E-state index contributed by atoms with van der Waals surface area (Å²) in [5, 5.41) is 21.1. The monoisotopic (exact) mass is 640 g/mol. The molecule has 0 aliphatic carbocycles. The van der Waals surface area contributed by atoms with Crippen molar-refractivity contribution in [3.63, 3.8) is 0 Å². The average Bonchev–Trinajstić information content (AvgIpc) is 3.08. The average molecular weight is 641 g/mol. The highest BCUT2D eigenvalue weighted by Gasteiger charge is 2.32. The van der Waals surface area contributed by atoms with Crippen LogP contribution in [0.4, 0.5) is 0 Å². The summed E-state index contributed by atoms with van der Waals surface area (Å²) >= 11 is 0. The first-order chi connectivity index (χ1) is 22.2. The van der Waals surface area contributed by atoms with E-state index in [0.29, 0.717) is 73.4 Å². The summed E-state index contributed by atoms with van der Waals surface area (Å²) in [7, 11) is -4.53. The molecule has 1 N–H and O–H groups in total. The molecule has 1 saturated heterocycles. The minimum atomic E-state index is -4.53. The lowest BCUT2D eigenvalue weighted by molar-refractivity contribution is 0.0303. The van der Waals surface area contributed by atoms with Gasteiger partial charge in [0, 0.05) is 25.1 Å². The predicted molar refractivity (Wildman–Crippen MR) is 172 cm³/mol. The molecule has 5 rings (SSSR count). The van der Waals surface area contributed by atoms with Gasteiger partial charge in [0.05, 0.1) is 35.8 Å². The quantitative estimate of drug-likeness (QED) is 0.251. The lowest BCUT2D eigenvalue weighted by Gasteiger charge is -2.27. The number of rotatable bonds is 10. The lowest BCUT2D eigenvalue weighted by Crippen LogP contribution is -2.40. The zero-order valence-electron chi connectivity index (χ0n) is 25.8. The van der Waals surface area contributed by atoms with Gasteiger partial charge in [-0.2, -0.15) is 10.2 Å². The summed E-state index contributed by atoms with van der Waals surface area (Å²) in [5.74, 6) is -0.554. The molecule has 10 nitrogen and oxygen atoms in total. The van der Waals surface area contributed by atoms with Crippen molar-refractivity contribution in [2.45, 2.75) is 55.4 Å². The molecule has 1 atom stereocenters. The first-order valence-electron chi connectivity index (χ1n) is 15.4. The van der Waals surface area contributed by atoms with Crippen LogP contribution in [0, 0.1) is 11.3 Å². The van der Waals surface area contributed by atoms with Crippen molar-refractivity contribution in [2.24, 2.45) is 0 Å². The molecule has 1 amide bonds. The van der Waals surface area contributed by atoms with Crippen LogP contribution in [0.5, 0.6) is 5.88 Å². The number of morpholine rings is 1. The standard InChI is InChI=1S/C35H36N4O6S/c1-3-5-13-31-37-33(40)32(35(42)39(31)30(4-2)26-10-8-9-24(22-26)23-36)46(43,44)27-16-14-25(15-17-27)28-11-6-7-12-29(28)34(41)38-18-20-45-21-19-38/h6-12,14-17,22,30,42H,3-5,13,18-21H2,1-2H3. The van der Waals surface area contributed by atoms with Crippen molar-refractivity contribution in [2.75, 3.05) is 26.3 Å². The molecule has 1 aliphatic rings. The summed E-state index contributed by atoms with van der Waals surface area (Å²) in [6, 6.07) is 21.4. The normalized spacial score (nSPS) is 14.1. The van der Waals surface area contributed by atoms with Crippen molar-refractivity contribution in [1.82, 2.24) is 14.5 Å². The predicted octanol–water partition coefficient (Wildman–Crippen LogP) is 5.13. The van der Waals surface area contributed by atoms with E-state index in [1.54, 1.807) is 65.6 Å². The molecule has 0 radical (unpaired) electrons. The summed E-state index contributed by atoms with van der Waals surface area (Å²) in [4.78, 5) is 31.6. The van der Waals surface area contributed by atoms with Crippen LogP contribution in [-0.2, 0) is 21.0 Å². The summed E-state index contributed by atoms with van der Waals surface area (Å²) in [6.45, 7) is 5.76. The van der Waals surface area contributed by atoms with Crippen molar-refractivity contribution in [3.8, 4) is 23.1 Å². The molecule has 3 aromatic carbocycles. The van der Waals surface area contributed by atoms with Gasteiger partial charge in [-0.25, -0.2) is 8.42 Å². The van der Waals surface area contributed by atoms with Crippen LogP contribution < -0.4 is 5.56 Å². The highest BCUT2D eigenvalue weighted by atomic mass is 32.2. The van der Waals surface area contributed by atoms with E-state index in [1.807, 2.05) is 13.8 Å². The van der Waals surface area contributed by atoms with Crippen LogP contribution in [0.3, 0.4) is 0 Å². The van der Waals surface area contributed by atoms with Crippen LogP contribution in [0.25, 0.3) is 11.1 Å². The fourth-order valence-electron chi connectivity index (χ4n) is 5.80. The molecule has 238 valence electrons. The molecular weight excluding hydrogens is 604 g/mol. The number of ether oxygens (including phenoxy) is 1. The second-order valence-electron chi connectivity index (χ2n) is 11.1. The lowest BCUT2D eigenvalue weighted by atomic mass is 9.99. The molecule has 1 unspecified atom stereocenters. The van der Waals surface area contributed by atoms with Gasteiger partial charge in [0.15, 0.2) is 4.90 Å². The first kappa shape index (κ1) is 32.6. The number of nitriles is 1. The summed E-state index contributed by atoms with van der Waals surface area (Å²) in [6.07, 6.45) is 2.25. The SMILES string of the molecule is CCCCc1nc(=O)c(S(=O)(=O)c2ccc(-c3ccccc3C(=O)N3CCOCC3)cc2)c(O)n1C(CC)c1cccc(C#N)c1. The Kier molecular flexibility index (Phi) is 9.99. The van der Waals surface area contributed by atoms with Crippen LogP contribution in [0.15, 0.2) is 87.4 Å². The number of hydrogen-bond acceptors (Lipinski definition) is 8. The van der Waals surface area contributed by atoms with Gasteiger partial charge >= 0.3 is 0 Å². The van der Waals surface area contributed by atoms with E-state index >= 15 is 0 Å². The van der Waals surface area contributed by atoms with Crippen LogP contribution in [-0.4, -0.2) is 60.2 Å². The molecule has 0 saturated carbocycles. The smallest absolute Gasteiger partial charge is 0.296 e. The molecule has 0 spiro atoms. The van der Waals surface area contributed by atoms with E-state index in [1.165, 1.54) is 16.7 Å². The zero-order valence-corrected chi connectivity index (χ0v) is 26.7. The van der Waals surface area contributed by atoms with E-state index in [4.69, 9.17) is 4.74 Å². The van der Waals surface area contributed by atoms with Crippen LogP contribution in [0.2, 0.25) is 0 Å². The number of nitrogens with zero attached hydrogens (tertiary/aromatic N) is 4. The van der Waals surface area contributed by atoms with E-state index in [9.17, 15) is 28.4 Å². The number of sulfone groups is 1. The Bertz CT molecular complexity index is 1940. The van der Waals surface area contributed by atoms with E-state index in [2.05, 4.69) is 11.1 Å². The van der Waals surface area contributed by atoms with Gasteiger partial charge < -0.3 is 14.7 Å². The van der Waals surface area contributed by atoms with Crippen LogP contribution in [0.1, 0.15) is 66.5 Å². The Hall–Kier alpha value is -4.79. The molecule has 46 heavy (non-hydrogen) atoms. The van der Waals surface area contributed by atoms with Crippen molar-refractivity contribution in [1.29, 1.82) is 5.26 Å². The number of carbonyl (C=O) groups is 1. The van der Waals surface area contributed by atoms with Gasteiger partial charge in [0.2, 0.25) is 15.7 Å². The molecule has 1 aromatic heterocycles. The van der Waals surface area contributed by atoms with Crippen LogP contribution >= 0.6 is 0 Å². The Morgan fingerprint density at radius 2 is 1.76 bits per heavy atom. The number of aryl methyl sites for hydroxylation is 1. The van der Waals surface area contributed by atoms with Crippen molar-refractivity contribution >= 4 is 15.7 Å². The minimum Gasteiger partial charge on any atom is -0.493 e. The van der Waals surface area contributed by atoms with Gasteiger partial charge in [-0.1, -0.05) is 62.7 Å². The molecule has 4 aromatic rings. The Morgan fingerprint density at radius 1 is 1.04 bits per heavy atom. The number of unbranched alkanes of at least 4 members (excludes halogenated alkanes) is 1. The van der Waals surface area contributed by atoms with Gasteiger partial charge in [0.1, 0.15) is 5.82 Å². The van der Waals surface area contributed by atoms with Gasteiger partial charge in [-0.15, -0.1) is 0 Å². The maximum Gasteiger partial charge on any atom is 0.296 e. The minimum absolute atomic E-state index is 0.138. The third-order valence-electron chi connectivity index (χ3n) is 8.19. The van der Waals surface area contributed by atoms with Gasteiger partial charge in [-0.3, -0.25) is 14.2 Å². The largest absolute Gasteiger partial charge is 0.493 e. The van der Waals surface area contributed by atoms with Gasteiger partial charge in [0.25, 0.3) is 11.5 Å². The Balaban J connectivity index is 1.57. The third kappa shape index (κ3) is 6.45. The highest BCUT2D eigenvalue weighted by molar-refractivity contribution is 7.91. The second-order valence-corrected chi connectivity index (χ2v) is 13.0. The third-order valence-corrected chi connectivity index (χ3v) is 9.97. The topological polar surface area (TPSA) is 143 Å². The molecular formula is C35H36N4O6S. The fourth-order valence-corrected chi connectivity index (χ4v) is 7.14. The fraction of sp³-hybridized carbons (Fsp3) is 0.314. The number of aromatic nitrogens is 2. The van der Waals surface area contributed by atoms with E-state index < -0.39 is 32.2 Å². The van der Waals surface area contributed by atoms with E-state index in [-0.39, 0.29) is 16.6 Å². The number of carbonyl (C=O) groups excluding carboxylic acids is 1. The first-order valence-corrected chi connectivity index (χ1v) is 16.9. The van der Waals surface area contributed by atoms with E-state index in [0.717, 1.165) is 6.42 Å². The zero-order chi connectivity index (χ0) is 32.8. The number of aromatic hydroxyl groups is 1. The molecule has 1 fully saturated rings. The molecule has 2 heterocycles. The van der Waals surface area contributed by atoms with Crippen molar-refractivity contribution in [3.05, 3.63) is 106 Å². The molecule has 1 aliphatic heterocycles. The molecule has 0 bridgehead atoms. The number of hydrogen-bond donors (Lipinski definition) is 1. The highest BCUT2D eigenvalue weighted by Crippen LogP contribution is 2.34. The maximum absolute atomic E-state index is 14.0. The maximum atomic E-state index is 14.0. The summed E-state index contributed by atoms with van der Waals surface area (Å²) in [5.41, 5.74) is 1.80. The number of benzene rings is 3. The second kappa shape index (κ2) is 14.1. The van der Waals surface area contributed by atoms with Crippen molar-refractivity contribution < 1.29 is 23.1 Å². The summed E-state index contributed by atoms with van der Waals surface area (Å²) < 4.78 is 34.8. The molecule has 11 heteroatoms. The Labute approximate surface area is 268 Å². The Morgan fingerprint density at radius 3 is 2.43 bits per heavy atom. The van der Waals surface area contributed by atoms with Gasteiger partial charge in [-0.05, 0) is 59.9 Å². The number of amides is 1.